The van der Waals surface area contributed by atoms with Gasteiger partial charge in [-0.3, -0.25) is 0 Å². The van der Waals surface area contributed by atoms with E-state index in [9.17, 15) is 5.11 Å². The summed E-state index contributed by atoms with van der Waals surface area (Å²) in [4.78, 5) is 0. The van der Waals surface area contributed by atoms with Crippen molar-refractivity contribution < 1.29 is 5.11 Å². The van der Waals surface area contributed by atoms with Crippen LogP contribution in [0.5, 0.6) is 0 Å². The van der Waals surface area contributed by atoms with E-state index < -0.39 is 0 Å². The van der Waals surface area contributed by atoms with Gasteiger partial charge in [-0.05, 0) is 114 Å². The number of aliphatic hydroxyl groups is 1. The third-order valence-electron chi connectivity index (χ3n) is 13.2. The first-order valence-corrected chi connectivity index (χ1v) is 14.2. The van der Waals surface area contributed by atoms with E-state index in [4.69, 9.17) is 0 Å². The van der Waals surface area contributed by atoms with Crippen LogP contribution in [-0.4, -0.2) is 11.7 Å². The lowest BCUT2D eigenvalue weighted by Crippen LogP contribution is -2.56. The van der Waals surface area contributed by atoms with Crippen molar-refractivity contribution in [2.45, 2.75) is 125 Å². The summed E-state index contributed by atoms with van der Waals surface area (Å²) in [5.41, 5.74) is 2.58. The van der Waals surface area contributed by atoms with Crippen LogP contribution in [0.2, 0.25) is 0 Å². The van der Waals surface area contributed by atoms with E-state index in [1.54, 1.807) is 0 Å². The van der Waals surface area contributed by atoms with Crippen LogP contribution < -0.4 is 0 Å². The van der Waals surface area contributed by atoms with Gasteiger partial charge in [-0.1, -0.05) is 67.2 Å². The number of hydrogen-bond donors (Lipinski definition) is 1. The highest BCUT2D eigenvalue weighted by atomic mass is 16.3. The summed E-state index contributed by atoms with van der Waals surface area (Å²) in [6.45, 7) is 15.7. The number of fused-ring (bicyclic) bond motifs is 2. The SMILES string of the molecule is CC(C)CCCC(C)C1CCC2(C)C3CCC4C(C)(CO)CCCC45CC35CCC12C. The standard InChI is InChI=1S/C30H52O/c1-21(2)9-7-10-22(3)23-13-16-28(6)25-12-11-24-26(4,20-31)14-8-15-29(24)19-30(25,29)18-17-27(23,28)5/h21-25,31H,7-20H2,1-6H3. The van der Waals surface area contributed by atoms with E-state index in [2.05, 4.69) is 41.5 Å². The average molecular weight is 429 g/mol. The molecule has 9 atom stereocenters. The first kappa shape index (κ1) is 22.7. The minimum atomic E-state index is 0.206. The van der Waals surface area contributed by atoms with E-state index in [1.807, 2.05) is 0 Å². The Morgan fingerprint density at radius 2 is 1.48 bits per heavy atom. The molecule has 0 bridgehead atoms. The lowest BCUT2D eigenvalue weighted by Gasteiger charge is -2.63. The van der Waals surface area contributed by atoms with Crippen molar-refractivity contribution in [3.8, 4) is 0 Å². The molecule has 2 spiro atoms. The molecule has 5 aliphatic rings. The van der Waals surface area contributed by atoms with E-state index in [-0.39, 0.29) is 5.41 Å². The second-order valence-electron chi connectivity index (χ2n) is 14.6. The smallest absolute Gasteiger partial charge is 0.0487 e. The van der Waals surface area contributed by atoms with Crippen LogP contribution in [0, 0.1) is 56.7 Å². The van der Waals surface area contributed by atoms with Crippen molar-refractivity contribution in [1.29, 1.82) is 0 Å². The number of aliphatic hydroxyl groups excluding tert-OH is 1. The zero-order valence-electron chi connectivity index (χ0n) is 21.7. The Kier molecular flexibility index (Phi) is 5.30. The van der Waals surface area contributed by atoms with Gasteiger partial charge in [-0.15, -0.1) is 0 Å². The number of hydrogen-bond acceptors (Lipinski definition) is 1. The fourth-order valence-corrected chi connectivity index (χ4v) is 11.5. The van der Waals surface area contributed by atoms with Crippen LogP contribution in [0.1, 0.15) is 125 Å². The molecule has 178 valence electrons. The molecule has 1 heteroatoms. The molecule has 0 aromatic rings. The minimum absolute atomic E-state index is 0.206. The highest BCUT2D eigenvalue weighted by molar-refractivity contribution is 5.30. The molecule has 0 aromatic heterocycles. The fraction of sp³-hybridized carbons (Fsp3) is 1.00. The Bertz CT molecular complexity index is 699. The van der Waals surface area contributed by atoms with Gasteiger partial charge in [0.15, 0.2) is 0 Å². The molecular formula is C30H52O. The maximum Gasteiger partial charge on any atom is 0.0487 e. The van der Waals surface area contributed by atoms with Crippen LogP contribution in [0.25, 0.3) is 0 Å². The van der Waals surface area contributed by atoms with Crippen molar-refractivity contribution in [3.05, 3.63) is 0 Å². The molecule has 5 rings (SSSR count). The van der Waals surface area contributed by atoms with Gasteiger partial charge in [0.1, 0.15) is 0 Å². The van der Waals surface area contributed by atoms with Gasteiger partial charge < -0.3 is 5.11 Å². The zero-order chi connectivity index (χ0) is 22.3. The molecule has 1 nitrogen and oxygen atoms in total. The molecule has 5 fully saturated rings. The molecule has 0 aromatic carbocycles. The topological polar surface area (TPSA) is 20.2 Å². The summed E-state index contributed by atoms with van der Waals surface area (Å²) in [6, 6.07) is 0. The van der Waals surface area contributed by atoms with Gasteiger partial charge in [-0.2, -0.15) is 0 Å². The molecule has 0 aliphatic heterocycles. The van der Waals surface area contributed by atoms with E-state index in [0.717, 1.165) is 29.6 Å². The molecule has 1 N–H and O–H groups in total. The first-order valence-electron chi connectivity index (χ1n) is 14.2. The summed E-state index contributed by atoms with van der Waals surface area (Å²) in [5, 5.41) is 10.4. The summed E-state index contributed by atoms with van der Waals surface area (Å²) in [6.07, 6.45) is 18.8. The van der Waals surface area contributed by atoms with Crippen LogP contribution in [0.3, 0.4) is 0 Å². The maximum atomic E-state index is 10.4. The Balaban J connectivity index is 1.39. The number of rotatable bonds is 6. The molecule has 31 heavy (non-hydrogen) atoms. The lowest BCUT2D eigenvalue weighted by molar-refractivity contribution is -0.149. The Morgan fingerprint density at radius 3 is 2.19 bits per heavy atom. The third-order valence-corrected chi connectivity index (χ3v) is 13.2. The van der Waals surface area contributed by atoms with Crippen LogP contribution in [0.4, 0.5) is 0 Å². The quantitative estimate of drug-likeness (QED) is 0.451. The Hall–Kier alpha value is -0.0400. The summed E-state index contributed by atoms with van der Waals surface area (Å²) in [7, 11) is 0. The monoisotopic (exact) mass is 428 g/mol. The van der Waals surface area contributed by atoms with Gasteiger partial charge >= 0.3 is 0 Å². The van der Waals surface area contributed by atoms with Crippen LogP contribution >= 0.6 is 0 Å². The normalized spacial score (nSPS) is 54.0. The Labute approximate surface area is 193 Å². The summed E-state index contributed by atoms with van der Waals surface area (Å²) < 4.78 is 0. The summed E-state index contributed by atoms with van der Waals surface area (Å²) in [5.74, 6) is 4.46. The molecule has 0 heterocycles. The van der Waals surface area contributed by atoms with Crippen molar-refractivity contribution in [2.24, 2.45) is 56.7 Å². The van der Waals surface area contributed by atoms with Crippen LogP contribution in [0.15, 0.2) is 0 Å². The second-order valence-corrected chi connectivity index (χ2v) is 14.6. The third kappa shape index (κ3) is 2.83. The largest absolute Gasteiger partial charge is 0.396 e. The first-order chi connectivity index (χ1) is 14.6. The molecule has 0 amide bonds. The predicted molar refractivity (Wildman–Crippen MR) is 131 cm³/mol. The molecule has 0 radical (unpaired) electrons. The molecular weight excluding hydrogens is 376 g/mol. The van der Waals surface area contributed by atoms with Gasteiger partial charge in [0.2, 0.25) is 0 Å². The van der Waals surface area contributed by atoms with E-state index in [0.29, 0.717) is 28.3 Å². The van der Waals surface area contributed by atoms with Crippen LogP contribution in [-0.2, 0) is 0 Å². The zero-order valence-corrected chi connectivity index (χ0v) is 21.7. The maximum absolute atomic E-state index is 10.4. The van der Waals surface area contributed by atoms with Gasteiger partial charge in [0, 0.05) is 6.61 Å². The van der Waals surface area contributed by atoms with Crippen molar-refractivity contribution in [2.75, 3.05) is 6.61 Å². The van der Waals surface area contributed by atoms with Gasteiger partial charge in [0.25, 0.3) is 0 Å². The van der Waals surface area contributed by atoms with E-state index in [1.165, 1.54) is 83.5 Å². The minimum Gasteiger partial charge on any atom is -0.396 e. The van der Waals surface area contributed by atoms with E-state index >= 15 is 0 Å². The molecule has 9 unspecified atom stereocenters. The summed E-state index contributed by atoms with van der Waals surface area (Å²) >= 11 is 0. The second kappa shape index (κ2) is 7.23. The average Bonchev–Trinajstić information content (AvgIpc) is 3.29. The highest BCUT2D eigenvalue weighted by Gasteiger charge is 2.81. The van der Waals surface area contributed by atoms with Crippen molar-refractivity contribution in [3.63, 3.8) is 0 Å². The molecule has 5 aliphatic carbocycles. The lowest BCUT2D eigenvalue weighted by atomic mass is 9.42. The van der Waals surface area contributed by atoms with Crippen molar-refractivity contribution in [1.82, 2.24) is 0 Å². The highest BCUT2D eigenvalue weighted by Crippen LogP contribution is 2.89. The van der Waals surface area contributed by atoms with Crippen molar-refractivity contribution >= 4 is 0 Å². The van der Waals surface area contributed by atoms with Gasteiger partial charge in [0.05, 0.1) is 0 Å². The fourth-order valence-electron chi connectivity index (χ4n) is 11.5. The van der Waals surface area contributed by atoms with Gasteiger partial charge in [-0.25, -0.2) is 0 Å². The Morgan fingerprint density at radius 1 is 0.774 bits per heavy atom. The molecule has 0 saturated heterocycles. The predicted octanol–water partition coefficient (Wildman–Crippen LogP) is 8.25. The molecule has 5 saturated carbocycles.